The molecule has 1 heterocycles. The average molecular weight is 244 g/mol. The third-order valence-electron chi connectivity index (χ3n) is 1.94. The molecule has 0 aliphatic heterocycles. The van der Waals surface area contributed by atoms with Crippen LogP contribution in [0.4, 0.5) is 0 Å². The SMILES string of the molecule is Cc1ocnc1C(=O)NCCSCCCO. The van der Waals surface area contributed by atoms with Crippen molar-refractivity contribution in [3.05, 3.63) is 17.8 Å². The Morgan fingerprint density at radius 2 is 2.44 bits per heavy atom. The molecule has 0 fully saturated rings. The predicted octanol–water partition coefficient (Wildman–Crippen LogP) is 0.828. The van der Waals surface area contributed by atoms with Crippen LogP contribution in [0.3, 0.4) is 0 Å². The van der Waals surface area contributed by atoms with Crippen LogP contribution in [0.5, 0.6) is 0 Å². The molecule has 90 valence electrons. The van der Waals surface area contributed by atoms with Gasteiger partial charge in [0, 0.05) is 18.9 Å². The number of nitrogens with zero attached hydrogens (tertiary/aromatic N) is 1. The molecule has 0 bridgehead atoms. The molecule has 0 saturated heterocycles. The van der Waals surface area contributed by atoms with E-state index in [0.717, 1.165) is 17.9 Å². The molecule has 16 heavy (non-hydrogen) atoms. The van der Waals surface area contributed by atoms with Gasteiger partial charge in [0.1, 0.15) is 5.76 Å². The fourth-order valence-electron chi connectivity index (χ4n) is 1.11. The molecule has 0 saturated carbocycles. The van der Waals surface area contributed by atoms with Gasteiger partial charge in [0.25, 0.3) is 5.91 Å². The van der Waals surface area contributed by atoms with Crippen molar-refractivity contribution in [1.29, 1.82) is 0 Å². The summed E-state index contributed by atoms with van der Waals surface area (Å²) in [5.74, 6) is 2.08. The van der Waals surface area contributed by atoms with Crippen molar-refractivity contribution in [3.8, 4) is 0 Å². The summed E-state index contributed by atoms with van der Waals surface area (Å²) in [4.78, 5) is 15.4. The number of aryl methyl sites for hydroxylation is 1. The number of thioether (sulfide) groups is 1. The number of hydrogen-bond acceptors (Lipinski definition) is 5. The van der Waals surface area contributed by atoms with Gasteiger partial charge in [-0.2, -0.15) is 11.8 Å². The van der Waals surface area contributed by atoms with Gasteiger partial charge < -0.3 is 14.8 Å². The highest BCUT2D eigenvalue weighted by molar-refractivity contribution is 7.99. The molecule has 1 aromatic rings. The van der Waals surface area contributed by atoms with E-state index in [1.807, 2.05) is 0 Å². The van der Waals surface area contributed by atoms with Gasteiger partial charge in [-0.3, -0.25) is 4.79 Å². The number of aliphatic hydroxyl groups excluding tert-OH is 1. The van der Waals surface area contributed by atoms with E-state index in [1.54, 1.807) is 18.7 Å². The summed E-state index contributed by atoms with van der Waals surface area (Å²) in [5, 5.41) is 11.3. The van der Waals surface area contributed by atoms with E-state index in [0.29, 0.717) is 18.0 Å². The van der Waals surface area contributed by atoms with Crippen LogP contribution < -0.4 is 5.32 Å². The number of oxazole rings is 1. The topological polar surface area (TPSA) is 75.4 Å². The molecule has 0 radical (unpaired) electrons. The number of hydrogen-bond donors (Lipinski definition) is 2. The molecular weight excluding hydrogens is 228 g/mol. The zero-order valence-corrected chi connectivity index (χ0v) is 10.0. The monoisotopic (exact) mass is 244 g/mol. The Bertz CT molecular complexity index is 328. The summed E-state index contributed by atoms with van der Waals surface area (Å²) < 4.78 is 4.94. The van der Waals surface area contributed by atoms with E-state index in [1.165, 1.54) is 6.39 Å². The first-order valence-electron chi connectivity index (χ1n) is 5.12. The summed E-state index contributed by atoms with van der Waals surface area (Å²) in [6.45, 7) is 2.52. The molecular formula is C10H16N2O3S. The van der Waals surface area contributed by atoms with Crippen LogP contribution in [0.1, 0.15) is 22.7 Å². The van der Waals surface area contributed by atoms with Gasteiger partial charge in [0.2, 0.25) is 0 Å². The summed E-state index contributed by atoms with van der Waals surface area (Å²) >= 11 is 1.70. The Kier molecular flexibility index (Phi) is 5.95. The largest absolute Gasteiger partial charge is 0.448 e. The highest BCUT2D eigenvalue weighted by Crippen LogP contribution is 2.04. The zero-order valence-electron chi connectivity index (χ0n) is 9.23. The van der Waals surface area contributed by atoms with Crippen LogP contribution in [-0.4, -0.2) is 40.7 Å². The van der Waals surface area contributed by atoms with Gasteiger partial charge in [0.15, 0.2) is 12.1 Å². The van der Waals surface area contributed by atoms with Crippen molar-refractivity contribution < 1.29 is 14.3 Å². The Labute approximate surface area is 98.6 Å². The van der Waals surface area contributed by atoms with Crippen LogP contribution in [0.15, 0.2) is 10.8 Å². The number of carbonyl (C=O) groups is 1. The highest BCUT2D eigenvalue weighted by atomic mass is 32.2. The highest BCUT2D eigenvalue weighted by Gasteiger charge is 2.11. The van der Waals surface area contributed by atoms with Crippen LogP contribution in [0.25, 0.3) is 0 Å². The Balaban J connectivity index is 2.14. The molecule has 0 aliphatic carbocycles. The van der Waals surface area contributed by atoms with E-state index in [4.69, 9.17) is 9.52 Å². The van der Waals surface area contributed by atoms with Gasteiger partial charge in [-0.15, -0.1) is 0 Å². The number of amides is 1. The maximum Gasteiger partial charge on any atom is 0.273 e. The van der Waals surface area contributed by atoms with Gasteiger partial charge in [-0.25, -0.2) is 4.98 Å². The molecule has 0 spiro atoms. The standard InChI is InChI=1S/C10H16N2O3S/c1-8-9(12-7-15-8)10(14)11-3-6-16-5-2-4-13/h7,13H,2-6H2,1H3,(H,11,14). The van der Waals surface area contributed by atoms with Crippen LogP contribution in [0, 0.1) is 6.92 Å². The van der Waals surface area contributed by atoms with Crippen LogP contribution in [-0.2, 0) is 0 Å². The minimum absolute atomic E-state index is 0.200. The second kappa shape index (κ2) is 7.29. The third kappa shape index (κ3) is 4.24. The van der Waals surface area contributed by atoms with Gasteiger partial charge in [-0.1, -0.05) is 0 Å². The first-order valence-corrected chi connectivity index (χ1v) is 6.28. The van der Waals surface area contributed by atoms with E-state index in [9.17, 15) is 4.79 Å². The van der Waals surface area contributed by atoms with Crippen LogP contribution >= 0.6 is 11.8 Å². The van der Waals surface area contributed by atoms with E-state index in [-0.39, 0.29) is 12.5 Å². The van der Waals surface area contributed by atoms with Crippen molar-refractivity contribution in [2.75, 3.05) is 24.7 Å². The van der Waals surface area contributed by atoms with E-state index in [2.05, 4.69) is 10.3 Å². The molecule has 1 amide bonds. The molecule has 0 aromatic carbocycles. The summed E-state index contributed by atoms with van der Waals surface area (Å²) in [6, 6.07) is 0. The second-order valence-electron chi connectivity index (χ2n) is 3.20. The van der Waals surface area contributed by atoms with Gasteiger partial charge in [-0.05, 0) is 19.1 Å². The summed E-state index contributed by atoms with van der Waals surface area (Å²) in [6.07, 6.45) is 2.06. The lowest BCUT2D eigenvalue weighted by Crippen LogP contribution is -2.26. The normalized spacial score (nSPS) is 10.4. The Hall–Kier alpha value is -1.01. The molecule has 1 aromatic heterocycles. The zero-order chi connectivity index (χ0) is 11.8. The maximum atomic E-state index is 11.5. The third-order valence-corrected chi connectivity index (χ3v) is 3.01. The smallest absolute Gasteiger partial charge is 0.273 e. The minimum Gasteiger partial charge on any atom is -0.448 e. The molecule has 5 nitrogen and oxygen atoms in total. The number of aliphatic hydroxyl groups is 1. The second-order valence-corrected chi connectivity index (χ2v) is 4.43. The molecule has 2 N–H and O–H groups in total. The average Bonchev–Trinajstić information content (AvgIpc) is 2.69. The summed E-state index contributed by atoms with van der Waals surface area (Å²) in [5.41, 5.74) is 0.348. The lowest BCUT2D eigenvalue weighted by molar-refractivity contribution is 0.0950. The quantitative estimate of drug-likeness (QED) is 0.695. The van der Waals surface area contributed by atoms with Crippen molar-refractivity contribution in [2.24, 2.45) is 0 Å². The summed E-state index contributed by atoms with van der Waals surface area (Å²) in [7, 11) is 0. The number of nitrogens with one attached hydrogen (secondary N) is 1. The van der Waals surface area contributed by atoms with Crippen LogP contribution in [0.2, 0.25) is 0 Å². The molecule has 1 rings (SSSR count). The molecule has 0 unspecified atom stereocenters. The first-order chi connectivity index (χ1) is 7.75. The van der Waals surface area contributed by atoms with Crippen molar-refractivity contribution in [2.45, 2.75) is 13.3 Å². The minimum atomic E-state index is -0.200. The van der Waals surface area contributed by atoms with E-state index < -0.39 is 0 Å². The Morgan fingerprint density at radius 1 is 1.62 bits per heavy atom. The first kappa shape index (κ1) is 13.1. The fourth-order valence-corrected chi connectivity index (χ4v) is 1.90. The Morgan fingerprint density at radius 3 is 3.06 bits per heavy atom. The van der Waals surface area contributed by atoms with E-state index >= 15 is 0 Å². The van der Waals surface area contributed by atoms with Gasteiger partial charge >= 0.3 is 0 Å². The predicted molar refractivity (Wildman–Crippen MR) is 62.6 cm³/mol. The number of aromatic nitrogens is 1. The lowest BCUT2D eigenvalue weighted by atomic mass is 10.3. The molecule has 6 heteroatoms. The van der Waals surface area contributed by atoms with Crippen molar-refractivity contribution in [1.82, 2.24) is 10.3 Å². The van der Waals surface area contributed by atoms with Gasteiger partial charge in [0.05, 0.1) is 0 Å². The van der Waals surface area contributed by atoms with Crippen molar-refractivity contribution >= 4 is 17.7 Å². The maximum absolute atomic E-state index is 11.5. The fraction of sp³-hybridized carbons (Fsp3) is 0.600. The van der Waals surface area contributed by atoms with Crippen molar-refractivity contribution in [3.63, 3.8) is 0 Å². The molecule has 0 atom stereocenters. The number of rotatable bonds is 7. The number of carbonyl (C=O) groups excluding carboxylic acids is 1. The molecule has 0 aliphatic rings. The lowest BCUT2D eigenvalue weighted by Gasteiger charge is -2.03.